The normalized spacial score (nSPS) is 10.7. The summed E-state index contributed by atoms with van der Waals surface area (Å²) in [5.41, 5.74) is 0.238. The van der Waals surface area contributed by atoms with Gasteiger partial charge in [-0.25, -0.2) is 0 Å². The Morgan fingerprint density at radius 1 is 1.29 bits per heavy atom. The van der Waals surface area contributed by atoms with Crippen molar-refractivity contribution in [2.45, 2.75) is 6.92 Å². The number of aldehydes is 1. The number of carbonyl (C=O) groups is 2. The van der Waals surface area contributed by atoms with E-state index in [0.717, 1.165) is 13.2 Å². The molecule has 0 saturated carbocycles. The zero-order chi connectivity index (χ0) is 13.1. The smallest absolute Gasteiger partial charge is 0.308 e. The van der Waals surface area contributed by atoms with Crippen molar-refractivity contribution in [3.8, 4) is 11.5 Å². The Morgan fingerprint density at radius 2 is 1.94 bits per heavy atom. The first-order valence-electron chi connectivity index (χ1n) is 4.49. The minimum atomic E-state index is -3.73. The van der Waals surface area contributed by atoms with Crippen molar-refractivity contribution in [2.24, 2.45) is 0 Å². The van der Waals surface area contributed by atoms with E-state index in [9.17, 15) is 18.0 Å². The summed E-state index contributed by atoms with van der Waals surface area (Å²) in [6.45, 7) is 1.15. The molecule has 1 aromatic carbocycles. The fourth-order valence-corrected chi connectivity index (χ4v) is 1.53. The third-order valence-corrected chi connectivity index (χ3v) is 2.08. The van der Waals surface area contributed by atoms with Crippen LogP contribution in [0.5, 0.6) is 11.5 Å². The summed E-state index contributed by atoms with van der Waals surface area (Å²) in [6, 6.07) is 3.80. The first kappa shape index (κ1) is 13.2. The molecule has 0 spiro atoms. The minimum absolute atomic E-state index is 0.118. The number of hydrogen-bond acceptors (Lipinski definition) is 6. The highest BCUT2D eigenvalue weighted by Crippen LogP contribution is 2.29. The highest BCUT2D eigenvalue weighted by atomic mass is 32.2. The molecule has 0 unspecified atom stereocenters. The Bertz CT molecular complexity index is 546. The fourth-order valence-electron chi connectivity index (χ4n) is 1.06. The lowest BCUT2D eigenvalue weighted by Crippen LogP contribution is -2.09. The van der Waals surface area contributed by atoms with Crippen molar-refractivity contribution in [3.05, 3.63) is 23.8 Å². The van der Waals surface area contributed by atoms with Crippen molar-refractivity contribution < 1.29 is 26.9 Å². The van der Waals surface area contributed by atoms with E-state index in [-0.39, 0.29) is 17.1 Å². The maximum atomic E-state index is 11.0. The first-order valence-corrected chi connectivity index (χ1v) is 6.30. The highest BCUT2D eigenvalue weighted by Gasteiger charge is 2.13. The van der Waals surface area contributed by atoms with Crippen LogP contribution in [0.2, 0.25) is 0 Å². The maximum Gasteiger partial charge on any atom is 0.308 e. The van der Waals surface area contributed by atoms with Gasteiger partial charge >= 0.3 is 16.1 Å². The first-order chi connectivity index (χ1) is 7.81. The summed E-state index contributed by atoms with van der Waals surface area (Å²) in [5.74, 6) is -0.910. The monoisotopic (exact) mass is 258 g/mol. The zero-order valence-corrected chi connectivity index (χ0v) is 9.98. The second kappa shape index (κ2) is 4.96. The molecule has 17 heavy (non-hydrogen) atoms. The van der Waals surface area contributed by atoms with Crippen LogP contribution in [0.25, 0.3) is 0 Å². The van der Waals surface area contributed by atoms with Crippen molar-refractivity contribution >= 4 is 22.4 Å². The second-order valence-corrected chi connectivity index (χ2v) is 4.78. The van der Waals surface area contributed by atoms with Gasteiger partial charge in [-0.05, 0) is 18.2 Å². The molecule has 0 aliphatic rings. The van der Waals surface area contributed by atoms with Crippen LogP contribution >= 0.6 is 0 Å². The summed E-state index contributed by atoms with van der Waals surface area (Å²) in [4.78, 5) is 21.4. The van der Waals surface area contributed by atoms with E-state index in [4.69, 9.17) is 4.74 Å². The molecule has 7 heteroatoms. The zero-order valence-electron chi connectivity index (χ0n) is 9.17. The Kier molecular flexibility index (Phi) is 3.84. The van der Waals surface area contributed by atoms with Gasteiger partial charge in [0.25, 0.3) is 0 Å². The summed E-state index contributed by atoms with van der Waals surface area (Å²) < 4.78 is 31.3. The Morgan fingerprint density at radius 3 is 2.41 bits per heavy atom. The van der Waals surface area contributed by atoms with Crippen molar-refractivity contribution in [1.82, 2.24) is 0 Å². The molecule has 0 bridgehead atoms. The molecule has 0 radical (unpaired) electrons. The number of hydrogen-bond donors (Lipinski definition) is 0. The molecule has 6 nitrogen and oxygen atoms in total. The minimum Gasteiger partial charge on any atom is -0.423 e. The molecule has 0 N–H and O–H groups in total. The van der Waals surface area contributed by atoms with Crippen LogP contribution in [-0.2, 0) is 14.9 Å². The molecule has 0 aromatic heterocycles. The Balaban J connectivity index is 3.19. The largest absolute Gasteiger partial charge is 0.423 e. The lowest BCUT2D eigenvalue weighted by Gasteiger charge is -2.09. The molecule has 1 rings (SSSR count). The Labute approximate surface area is 98.3 Å². The van der Waals surface area contributed by atoms with Crippen LogP contribution in [0.15, 0.2) is 18.2 Å². The molecule has 0 amide bonds. The standard InChI is InChI=1S/C10H10O6S/c1-7(12)15-10-5-8(6-11)3-4-9(10)16-17(2,13)14/h3-6H,1-2H3. The molecule has 0 atom stereocenters. The molecule has 0 aliphatic heterocycles. The summed E-state index contributed by atoms with van der Waals surface area (Å²) in [6.07, 6.45) is 1.40. The van der Waals surface area contributed by atoms with Gasteiger partial charge < -0.3 is 8.92 Å². The van der Waals surface area contributed by atoms with E-state index in [0.29, 0.717) is 6.29 Å². The average Bonchev–Trinajstić information content (AvgIpc) is 2.17. The van der Waals surface area contributed by atoms with Gasteiger partial charge in [-0.2, -0.15) is 8.42 Å². The molecule has 1 aromatic rings. The van der Waals surface area contributed by atoms with Gasteiger partial charge in [-0.3, -0.25) is 9.59 Å². The van der Waals surface area contributed by atoms with Crippen molar-refractivity contribution in [3.63, 3.8) is 0 Å². The van der Waals surface area contributed by atoms with E-state index in [1.165, 1.54) is 18.2 Å². The SMILES string of the molecule is CC(=O)Oc1cc(C=O)ccc1OS(C)(=O)=O. The van der Waals surface area contributed by atoms with Gasteiger partial charge in [0.15, 0.2) is 11.5 Å². The average molecular weight is 258 g/mol. The highest BCUT2D eigenvalue weighted by molar-refractivity contribution is 7.86. The van der Waals surface area contributed by atoms with Crippen molar-refractivity contribution in [2.75, 3.05) is 6.26 Å². The number of rotatable bonds is 4. The van der Waals surface area contributed by atoms with Gasteiger partial charge in [-0.15, -0.1) is 0 Å². The second-order valence-electron chi connectivity index (χ2n) is 3.21. The van der Waals surface area contributed by atoms with E-state index in [1.54, 1.807) is 0 Å². The van der Waals surface area contributed by atoms with Gasteiger partial charge in [0.2, 0.25) is 0 Å². The third-order valence-electron chi connectivity index (χ3n) is 1.60. The predicted octanol–water partition coefficient (Wildman–Crippen LogP) is 0.763. The van der Waals surface area contributed by atoms with Gasteiger partial charge in [0, 0.05) is 12.5 Å². The topological polar surface area (TPSA) is 86.7 Å². The van der Waals surface area contributed by atoms with E-state index < -0.39 is 16.1 Å². The number of ether oxygens (including phenoxy) is 1. The predicted molar refractivity (Wildman–Crippen MR) is 58.6 cm³/mol. The summed E-state index contributed by atoms with van der Waals surface area (Å²) in [7, 11) is -3.73. The van der Waals surface area contributed by atoms with Gasteiger partial charge in [0.1, 0.15) is 6.29 Å². The molecular formula is C10H10O6S. The molecule has 92 valence electrons. The summed E-state index contributed by atoms with van der Waals surface area (Å²) >= 11 is 0. The van der Waals surface area contributed by atoms with Crippen molar-refractivity contribution in [1.29, 1.82) is 0 Å². The van der Waals surface area contributed by atoms with Crippen LogP contribution in [-0.4, -0.2) is 26.9 Å². The lowest BCUT2D eigenvalue weighted by atomic mass is 10.2. The van der Waals surface area contributed by atoms with Crippen LogP contribution in [0.4, 0.5) is 0 Å². The molecule has 0 heterocycles. The lowest BCUT2D eigenvalue weighted by molar-refractivity contribution is -0.131. The van der Waals surface area contributed by atoms with Crippen LogP contribution in [0.1, 0.15) is 17.3 Å². The molecular weight excluding hydrogens is 248 g/mol. The van der Waals surface area contributed by atoms with Gasteiger partial charge in [-0.1, -0.05) is 0 Å². The quantitative estimate of drug-likeness (QED) is 0.343. The fraction of sp³-hybridized carbons (Fsp3) is 0.200. The van der Waals surface area contributed by atoms with E-state index >= 15 is 0 Å². The number of esters is 1. The van der Waals surface area contributed by atoms with E-state index in [1.807, 2.05) is 0 Å². The van der Waals surface area contributed by atoms with Crippen LogP contribution < -0.4 is 8.92 Å². The molecule has 0 aliphatic carbocycles. The van der Waals surface area contributed by atoms with E-state index in [2.05, 4.69) is 4.18 Å². The number of carbonyl (C=O) groups excluding carboxylic acids is 2. The molecule has 0 fully saturated rings. The molecule has 0 saturated heterocycles. The van der Waals surface area contributed by atoms with Crippen LogP contribution in [0, 0.1) is 0 Å². The third kappa shape index (κ3) is 4.23. The van der Waals surface area contributed by atoms with Crippen LogP contribution in [0.3, 0.4) is 0 Å². The maximum absolute atomic E-state index is 11.0. The number of benzene rings is 1. The summed E-state index contributed by atoms with van der Waals surface area (Å²) in [5, 5.41) is 0. The Hall–Kier alpha value is -1.89. The van der Waals surface area contributed by atoms with Gasteiger partial charge in [0.05, 0.1) is 6.26 Å².